The van der Waals surface area contributed by atoms with Crippen LogP contribution < -0.4 is 5.73 Å². The Balaban J connectivity index is 2.95. The zero-order valence-corrected chi connectivity index (χ0v) is 8.92. The monoisotopic (exact) mass is 258 g/mol. The Kier molecular flexibility index (Phi) is 2.26. The van der Waals surface area contributed by atoms with Crippen molar-refractivity contribution in [2.75, 3.05) is 0 Å². The number of carbonyl (C=O) groups excluding carboxylic acids is 1. The number of carbonyl (C=O) groups is 1. The molecule has 4 N–H and O–H groups in total. The predicted octanol–water partition coefficient (Wildman–Crippen LogP) is -0.986. The summed E-state index contributed by atoms with van der Waals surface area (Å²) in [6.07, 6.45) is 0. The second kappa shape index (κ2) is 3.40. The SMILES string of the molecule is NC(=O)c1cc(S(=O)(=O)O)c2nnn(O)c2c1. The van der Waals surface area contributed by atoms with Crippen molar-refractivity contribution in [3.63, 3.8) is 0 Å². The molecular weight excluding hydrogens is 252 g/mol. The molecule has 0 aliphatic heterocycles. The van der Waals surface area contributed by atoms with E-state index in [0.717, 1.165) is 12.1 Å². The molecule has 0 saturated carbocycles. The van der Waals surface area contributed by atoms with Gasteiger partial charge in [-0.3, -0.25) is 9.35 Å². The molecule has 1 heterocycles. The second-order valence-corrected chi connectivity index (χ2v) is 4.55. The summed E-state index contributed by atoms with van der Waals surface area (Å²) in [6.45, 7) is 0. The van der Waals surface area contributed by atoms with E-state index in [2.05, 4.69) is 10.3 Å². The Hall–Kier alpha value is -2.20. The first-order chi connectivity index (χ1) is 7.80. The van der Waals surface area contributed by atoms with Gasteiger partial charge >= 0.3 is 0 Å². The third-order valence-corrected chi connectivity index (χ3v) is 2.93. The maximum atomic E-state index is 11.1. The standard InChI is InChI=1S/C7H6N4O5S/c8-7(12)3-1-4-6(9-10-11(4)13)5(2-3)17(14,15)16/h1-2,13H,(H2,8,12)(H,14,15,16). The molecule has 9 nitrogen and oxygen atoms in total. The third-order valence-electron chi connectivity index (χ3n) is 2.06. The fourth-order valence-electron chi connectivity index (χ4n) is 1.32. The normalized spacial score (nSPS) is 11.8. The van der Waals surface area contributed by atoms with Gasteiger partial charge in [0.2, 0.25) is 5.91 Å². The molecular formula is C7H6N4O5S. The number of primary amides is 1. The summed E-state index contributed by atoms with van der Waals surface area (Å²) in [5, 5.41) is 15.7. The summed E-state index contributed by atoms with van der Waals surface area (Å²) in [6, 6.07) is 1.96. The lowest BCUT2D eigenvalue weighted by Crippen LogP contribution is -2.12. The van der Waals surface area contributed by atoms with Gasteiger partial charge in [0.05, 0.1) is 0 Å². The topological polar surface area (TPSA) is 148 Å². The van der Waals surface area contributed by atoms with Crippen LogP contribution >= 0.6 is 0 Å². The van der Waals surface area contributed by atoms with Gasteiger partial charge < -0.3 is 10.9 Å². The zero-order valence-electron chi connectivity index (χ0n) is 8.10. The van der Waals surface area contributed by atoms with Crippen LogP contribution in [-0.4, -0.2) is 39.2 Å². The second-order valence-electron chi connectivity index (χ2n) is 3.16. The maximum Gasteiger partial charge on any atom is 0.296 e. The number of hydrogen-bond donors (Lipinski definition) is 3. The molecule has 0 fully saturated rings. The van der Waals surface area contributed by atoms with Crippen molar-refractivity contribution in [1.29, 1.82) is 0 Å². The van der Waals surface area contributed by atoms with Crippen LogP contribution in [0.3, 0.4) is 0 Å². The number of hydrogen-bond acceptors (Lipinski definition) is 6. The summed E-state index contributed by atoms with van der Waals surface area (Å²) in [5.41, 5.74) is 4.36. The van der Waals surface area contributed by atoms with Crippen molar-refractivity contribution < 1.29 is 23.0 Å². The number of aromatic nitrogens is 3. The molecule has 0 radical (unpaired) electrons. The van der Waals surface area contributed by atoms with E-state index in [1.165, 1.54) is 0 Å². The van der Waals surface area contributed by atoms with Crippen LogP contribution in [0.2, 0.25) is 0 Å². The number of amides is 1. The van der Waals surface area contributed by atoms with Gasteiger partial charge in [-0.2, -0.15) is 8.42 Å². The van der Waals surface area contributed by atoms with E-state index in [-0.39, 0.29) is 21.4 Å². The number of rotatable bonds is 2. The summed E-state index contributed by atoms with van der Waals surface area (Å²) < 4.78 is 31.1. The Labute approximate surface area is 94.2 Å². The van der Waals surface area contributed by atoms with Gasteiger partial charge in [-0.05, 0) is 17.3 Å². The van der Waals surface area contributed by atoms with Crippen LogP contribution in [0, 0.1) is 0 Å². The molecule has 90 valence electrons. The predicted molar refractivity (Wildman–Crippen MR) is 53.0 cm³/mol. The molecule has 0 aliphatic carbocycles. The minimum absolute atomic E-state index is 0.158. The first-order valence-electron chi connectivity index (χ1n) is 4.16. The lowest BCUT2D eigenvalue weighted by Gasteiger charge is -2.01. The molecule has 10 heteroatoms. The third kappa shape index (κ3) is 1.79. The smallest absolute Gasteiger partial charge is 0.296 e. The van der Waals surface area contributed by atoms with E-state index in [4.69, 9.17) is 10.3 Å². The summed E-state index contributed by atoms with van der Waals surface area (Å²) in [5.74, 6) is -0.919. The molecule has 0 unspecified atom stereocenters. The molecule has 0 saturated heterocycles. The van der Waals surface area contributed by atoms with Crippen LogP contribution in [0.25, 0.3) is 11.0 Å². The zero-order chi connectivity index (χ0) is 12.8. The van der Waals surface area contributed by atoms with Gasteiger partial charge in [0.1, 0.15) is 15.9 Å². The van der Waals surface area contributed by atoms with Gasteiger partial charge in [-0.15, -0.1) is 5.10 Å². The van der Waals surface area contributed by atoms with E-state index in [1.54, 1.807) is 0 Å². The number of fused-ring (bicyclic) bond motifs is 1. The first-order valence-corrected chi connectivity index (χ1v) is 5.60. The average Bonchev–Trinajstić information content (AvgIpc) is 2.58. The summed E-state index contributed by atoms with van der Waals surface area (Å²) in [7, 11) is -4.61. The van der Waals surface area contributed by atoms with Crippen LogP contribution in [0.1, 0.15) is 10.4 Å². The van der Waals surface area contributed by atoms with Crippen LogP contribution in [-0.2, 0) is 10.1 Å². The highest BCUT2D eigenvalue weighted by atomic mass is 32.2. The van der Waals surface area contributed by atoms with Gasteiger partial charge in [0, 0.05) is 5.56 Å². The molecule has 2 rings (SSSR count). The highest BCUT2D eigenvalue weighted by Crippen LogP contribution is 2.22. The average molecular weight is 258 g/mol. The number of benzene rings is 1. The Morgan fingerprint density at radius 3 is 2.59 bits per heavy atom. The summed E-state index contributed by atoms with van der Waals surface area (Å²) >= 11 is 0. The van der Waals surface area contributed by atoms with Gasteiger partial charge in [-0.25, -0.2) is 0 Å². The van der Waals surface area contributed by atoms with E-state index in [0.29, 0.717) is 0 Å². The molecule has 0 aliphatic rings. The maximum absolute atomic E-state index is 11.1. The Morgan fingerprint density at radius 1 is 1.41 bits per heavy atom. The van der Waals surface area contributed by atoms with E-state index in [9.17, 15) is 18.4 Å². The molecule has 0 spiro atoms. The van der Waals surface area contributed by atoms with Gasteiger partial charge in [0.15, 0.2) is 0 Å². The van der Waals surface area contributed by atoms with Crippen molar-refractivity contribution in [3.8, 4) is 0 Å². The van der Waals surface area contributed by atoms with Gasteiger partial charge in [0.25, 0.3) is 10.1 Å². The van der Waals surface area contributed by atoms with Crippen LogP contribution in [0.4, 0.5) is 0 Å². The fourth-order valence-corrected chi connectivity index (χ4v) is 1.99. The van der Waals surface area contributed by atoms with E-state index >= 15 is 0 Å². The van der Waals surface area contributed by atoms with Crippen molar-refractivity contribution in [1.82, 2.24) is 15.2 Å². The van der Waals surface area contributed by atoms with Crippen molar-refractivity contribution in [3.05, 3.63) is 17.7 Å². The number of nitrogens with two attached hydrogens (primary N) is 1. The largest absolute Gasteiger partial charge is 0.410 e. The number of nitrogens with zero attached hydrogens (tertiary/aromatic N) is 3. The lowest BCUT2D eigenvalue weighted by atomic mass is 10.2. The van der Waals surface area contributed by atoms with Crippen molar-refractivity contribution in [2.24, 2.45) is 5.73 Å². The van der Waals surface area contributed by atoms with Crippen LogP contribution in [0.5, 0.6) is 0 Å². The first kappa shape index (κ1) is 11.3. The minimum Gasteiger partial charge on any atom is -0.410 e. The highest BCUT2D eigenvalue weighted by molar-refractivity contribution is 7.86. The fraction of sp³-hybridized carbons (Fsp3) is 0. The van der Waals surface area contributed by atoms with Crippen LogP contribution in [0.15, 0.2) is 17.0 Å². The van der Waals surface area contributed by atoms with Gasteiger partial charge in [-0.1, -0.05) is 4.85 Å². The minimum atomic E-state index is -4.61. The van der Waals surface area contributed by atoms with Crippen molar-refractivity contribution >= 4 is 27.1 Å². The molecule has 17 heavy (non-hydrogen) atoms. The quantitative estimate of drug-likeness (QED) is 0.462. The Morgan fingerprint density at radius 2 is 2.06 bits per heavy atom. The molecule has 2 aromatic rings. The van der Waals surface area contributed by atoms with E-state index in [1.807, 2.05) is 0 Å². The van der Waals surface area contributed by atoms with Crippen molar-refractivity contribution in [2.45, 2.75) is 4.90 Å². The molecule has 1 amide bonds. The summed E-state index contributed by atoms with van der Waals surface area (Å²) in [4.78, 5) is 10.6. The highest BCUT2D eigenvalue weighted by Gasteiger charge is 2.21. The molecule has 1 aromatic carbocycles. The van der Waals surface area contributed by atoms with E-state index < -0.39 is 20.9 Å². The molecule has 0 atom stereocenters. The molecule has 1 aromatic heterocycles. The lowest BCUT2D eigenvalue weighted by molar-refractivity contribution is 0.1000. The Bertz CT molecular complexity index is 719. The molecule has 0 bridgehead atoms.